The van der Waals surface area contributed by atoms with E-state index < -0.39 is 5.97 Å². The number of carboxylic acid groups (broad SMARTS) is 1. The van der Waals surface area contributed by atoms with Crippen molar-refractivity contribution in [2.24, 2.45) is 0 Å². The second-order valence-electron chi connectivity index (χ2n) is 7.83. The second kappa shape index (κ2) is 7.44. The molecule has 2 atom stereocenters. The van der Waals surface area contributed by atoms with Crippen LogP contribution in [0.4, 0.5) is 5.69 Å². The van der Waals surface area contributed by atoms with Gasteiger partial charge in [-0.15, -0.1) is 11.3 Å². The number of amides is 1. The molecule has 3 rings (SSSR count). The van der Waals surface area contributed by atoms with Crippen molar-refractivity contribution in [1.29, 1.82) is 0 Å². The van der Waals surface area contributed by atoms with Gasteiger partial charge in [0.1, 0.15) is 11.0 Å². The molecule has 1 aromatic heterocycles. The van der Waals surface area contributed by atoms with Crippen molar-refractivity contribution in [2.45, 2.75) is 51.2 Å². The van der Waals surface area contributed by atoms with Gasteiger partial charge in [0.25, 0.3) is 0 Å². The van der Waals surface area contributed by atoms with Crippen LogP contribution in [0, 0.1) is 0 Å². The molecule has 0 radical (unpaired) electrons. The summed E-state index contributed by atoms with van der Waals surface area (Å²) in [6, 6.07) is 11.3. The number of nitrogens with zero attached hydrogens (tertiary/aromatic N) is 1. The summed E-state index contributed by atoms with van der Waals surface area (Å²) in [4.78, 5) is 26.7. The van der Waals surface area contributed by atoms with E-state index in [-0.39, 0.29) is 28.3 Å². The molecule has 1 N–H and O–H groups in total. The fourth-order valence-corrected chi connectivity index (χ4v) is 4.52. The monoisotopic (exact) mass is 387 g/mol. The molecule has 6 heteroatoms. The van der Waals surface area contributed by atoms with E-state index in [9.17, 15) is 14.7 Å². The summed E-state index contributed by atoms with van der Waals surface area (Å²) in [5.74, 6) is -0.876. The minimum atomic E-state index is -0.946. The highest BCUT2D eigenvalue weighted by Crippen LogP contribution is 2.38. The topological polar surface area (TPSA) is 66.8 Å². The van der Waals surface area contributed by atoms with Crippen molar-refractivity contribution in [1.82, 2.24) is 0 Å². The summed E-state index contributed by atoms with van der Waals surface area (Å²) >= 11 is 1.20. The first-order valence-corrected chi connectivity index (χ1v) is 9.82. The SMILES string of the molecule is CO[C@H](c1ccc(C(=O)O)s1)C1CCC(=O)N1c1ccc(C(C)(C)C)cc1. The molecule has 1 saturated heterocycles. The first kappa shape index (κ1) is 19.6. The minimum absolute atomic E-state index is 0.0478. The number of carbonyl (C=O) groups excluding carboxylic acids is 1. The molecule has 1 aromatic carbocycles. The van der Waals surface area contributed by atoms with Gasteiger partial charge < -0.3 is 14.7 Å². The van der Waals surface area contributed by atoms with E-state index in [0.717, 1.165) is 10.6 Å². The van der Waals surface area contributed by atoms with Crippen molar-refractivity contribution >= 4 is 28.9 Å². The Hall–Kier alpha value is -2.18. The van der Waals surface area contributed by atoms with Crippen molar-refractivity contribution < 1.29 is 19.4 Å². The number of methoxy groups -OCH3 is 1. The Balaban J connectivity index is 1.91. The van der Waals surface area contributed by atoms with Gasteiger partial charge in [-0.1, -0.05) is 32.9 Å². The number of carboxylic acids is 1. The molecule has 1 unspecified atom stereocenters. The first-order chi connectivity index (χ1) is 12.7. The average molecular weight is 388 g/mol. The average Bonchev–Trinajstić information content (AvgIpc) is 3.23. The summed E-state index contributed by atoms with van der Waals surface area (Å²) in [6.45, 7) is 6.47. The molecule has 0 saturated carbocycles. The summed E-state index contributed by atoms with van der Waals surface area (Å²) in [5, 5.41) is 9.19. The van der Waals surface area contributed by atoms with Crippen molar-refractivity contribution in [2.75, 3.05) is 12.0 Å². The first-order valence-electron chi connectivity index (χ1n) is 9.01. The van der Waals surface area contributed by atoms with Crippen molar-refractivity contribution in [3.05, 3.63) is 51.7 Å². The molecule has 1 amide bonds. The number of carbonyl (C=O) groups is 2. The molecule has 0 bridgehead atoms. The maximum absolute atomic E-state index is 12.6. The lowest BCUT2D eigenvalue weighted by molar-refractivity contribution is -0.117. The van der Waals surface area contributed by atoms with E-state index in [1.807, 2.05) is 12.1 Å². The Bertz CT molecular complexity index is 835. The molecule has 0 aliphatic carbocycles. The Morgan fingerprint density at radius 3 is 2.41 bits per heavy atom. The van der Waals surface area contributed by atoms with Crippen LogP contribution in [-0.4, -0.2) is 30.1 Å². The van der Waals surface area contributed by atoms with Crippen LogP contribution in [0.1, 0.15) is 59.8 Å². The van der Waals surface area contributed by atoms with Gasteiger partial charge in [0.15, 0.2) is 0 Å². The van der Waals surface area contributed by atoms with Gasteiger partial charge in [-0.3, -0.25) is 4.79 Å². The number of benzene rings is 1. The molecular formula is C21H25NO4S. The fourth-order valence-electron chi connectivity index (χ4n) is 3.53. The van der Waals surface area contributed by atoms with Crippen molar-refractivity contribution in [3.8, 4) is 0 Å². The van der Waals surface area contributed by atoms with Crippen LogP contribution in [0.2, 0.25) is 0 Å². The summed E-state index contributed by atoms with van der Waals surface area (Å²) in [5.41, 5.74) is 2.11. The molecule has 1 aliphatic rings. The zero-order chi connectivity index (χ0) is 19.8. The Kier molecular flexibility index (Phi) is 5.40. The van der Waals surface area contributed by atoms with Crippen LogP contribution in [0.15, 0.2) is 36.4 Å². The normalized spacial score (nSPS) is 18.7. The lowest BCUT2D eigenvalue weighted by atomic mass is 9.87. The molecular weight excluding hydrogens is 362 g/mol. The van der Waals surface area contributed by atoms with Crippen molar-refractivity contribution in [3.63, 3.8) is 0 Å². The van der Waals surface area contributed by atoms with Gasteiger partial charge in [0.05, 0.1) is 6.04 Å². The predicted molar refractivity (Wildman–Crippen MR) is 107 cm³/mol. The highest BCUT2D eigenvalue weighted by Gasteiger charge is 2.39. The van der Waals surface area contributed by atoms with Gasteiger partial charge in [0.2, 0.25) is 5.91 Å². The number of ether oxygens (including phenoxy) is 1. The maximum atomic E-state index is 12.6. The van der Waals surface area contributed by atoms with E-state index in [0.29, 0.717) is 12.8 Å². The smallest absolute Gasteiger partial charge is 0.345 e. The molecule has 27 heavy (non-hydrogen) atoms. The Morgan fingerprint density at radius 1 is 1.22 bits per heavy atom. The van der Waals surface area contributed by atoms with Crippen LogP contribution in [0.3, 0.4) is 0 Å². The molecule has 0 spiro atoms. The van der Waals surface area contributed by atoms with Crippen LogP contribution in [0.5, 0.6) is 0 Å². The van der Waals surface area contributed by atoms with E-state index in [2.05, 4.69) is 32.9 Å². The van der Waals surface area contributed by atoms with Crippen LogP contribution in [-0.2, 0) is 14.9 Å². The molecule has 5 nitrogen and oxygen atoms in total. The standard InChI is InChI=1S/C21H25NO4S/c1-21(2,3)13-5-7-14(8-6-13)22-15(9-12-18(22)23)19(26-4)16-10-11-17(27-16)20(24)25/h5-8,10-11,15,19H,9,12H2,1-4H3,(H,24,25)/t15?,19-/m0/s1. The van der Waals surface area contributed by atoms with Gasteiger partial charge in [-0.2, -0.15) is 0 Å². The van der Waals surface area contributed by atoms with Crippen LogP contribution >= 0.6 is 11.3 Å². The quantitative estimate of drug-likeness (QED) is 0.812. The predicted octanol–water partition coefficient (Wildman–Crippen LogP) is 4.63. The van der Waals surface area contributed by atoms with E-state index in [1.165, 1.54) is 16.9 Å². The number of hydrogen-bond donors (Lipinski definition) is 1. The summed E-state index contributed by atoms with van der Waals surface area (Å²) < 4.78 is 5.72. The minimum Gasteiger partial charge on any atom is -0.477 e. The number of hydrogen-bond acceptors (Lipinski definition) is 4. The largest absolute Gasteiger partial charge is 0.477 e. The Labute approximate surface area is 163 Å². The van der Waals surface area contributed by atoms with E-state index >= 15 is 0 Å². The van der Waals surface area contributed by atoms with E-state index in [1.54, 1.807) is 24.1 Å². The third-order valence-electron chi connectivity index (χ3n) is 4.99. The number of aromatic carboxylic acids is 1. The van der Waals surface area contributed by atoms with E-state index in [4.69, 9.17) is 4.74 Å². The highest BCUT2D eigenvalue weighted by atomic mass is 32.1. The lowest BCUT2D eigenvalue weighted by Gasteiger charge is -2.31. The molecule has 1 aliphatic heterocycles. The van der Waals surface area contributed by atoms with Gasteiger partial charge >= 0.3 is 5.97 Å². The van der Waals surface area contributed by atoms with Crippen LogP contribution in [0.25, 0.3) is 0 Å². The molecule has 2 heterocycles. The van der Waals surface area contributed by atoms with Crippen LogP contribution < -0.4 is 4.90 Å². The highest BCUT2D eigenvalue weighted by molar-refractivity contribution is 7.14. The summed E-state index contributed by atoms with van der Waals surface area (Å²) in [6.07, 6.45) is 0.790. The van der Waals surface area contributed by atoms with Gasteiger partial charge in [0, 0.05) is 24.1 Å². The maximum Gasteiger partial charge on any atom is 0.345 e. The molecule has 144 valence electrons. The van der Waals surface area contributed by atoms with Gasteiger partial charge in [-0.05, 0) is 41.7 Å². The fraction of sp³-hybridized carbons (Fsp3) is 0.429. The third kappa shape index (κ3) is 3.92. The number of thiophene rings is 1. The zero-order valence-corrected chi connectivity index (χ0v) is 16.9. The second-order valence-corrected chi connectivity index (χ2v) is 8.95. The Morgan fingerprint density at radius 2 is 1.89 bits per heavy atom. The third-order valence-corrected chi connectivity index (χ3v) is 6.12. The molecule has 2 aromatic rings. The summed E-state index contributed by atoms with van der Waals surface area (Å²) in [7, 11) is 1.61. The lowest BCUT2D eigenvalue weighted by Crippen LogP contribution is -2.37. The number of rotatable bonds is 5. The zero-order valence-electron chi connectivity index (χ0n) is 16.1. The number of anilines is 1. The van der Waals surface area contributed by atoms with Gasteiger partial charge in [-0.25, -0.2) is 4.79 Å². The molecule has 1 fully saturated rings.